The van der Waals surface area contributed by atoms with Crippen molar-refractivity contribution in [2.24, 2.45) is 0 Å². The predicted molar refractivity (Wildman–Crippen MR) is 93.1 cm³/mol. The van der Waals surface area contributed by atoms with Crippen molar-refractivity contribution in [2.75, 3.05) is 14.2 Å². The molecule has 0 aliphatic carbocycles. The maximum Gasteiger partial charge on any atom is 0.328 e. The first-order chi connectivity index (χ1) is 11.9. The second-order valence-corrected chi connectivity index (χ2v) is 5.68. The summed E-state index contributed by atoms with van der Waals surface area (Å²) in [5, 5.41) is 12.3. The third kappa shape index (κ3) is 4.87. The predicted octanol–water partition coefficient (Wildman–Crippen LogP) is 2.57. The lowest BCUT2D eigenvalue weighted by Gasteiger charge is -2.17. The lowest BCUT2D eigenvalue weighted by Crippen LogP contribution is -2.43. The van der Waals surface area contributed by atoms with Gasteiger partial charge in [0.25, 0.3) is 5.91 Å². The first kappa shape index (κ1) is 18.6. The maximum absolute atomic E-state index is 12.3. The van der Waals surface area contributed by atoms with Gasteiger partial charge in [-0.2, -0.15) is 0 Å². The number of benzene rings is 2. The Morgan fingerprint density at radius 3 is 2.40 bits per heavy atom. The quantitative estimate of drug-likeness (QED) is 0.770. The highest BCUT2D eigenvalue weighted by molar-refractivity contribution is 6.32. The molecular formula is C18H18ClNO5. The van der Waals surface area contributed by atoms with E-state index >= 15 is 0 Å². The Morgan fingerprint density at radius 1 is 1.16 bits per heavy atom. The maximum atomic E-state index is 12.3. The van der Waals surface area contributed by atoms with E-state index in [1.807, 2.05) is 0 Å². The van der Waals surface area contributed by atoms with Crippen molar-refractivity contribution in [2.45, 2.75) is 12.5 Å². The number of halogens is 1. The Kier molecular flexibility index (Phi) is 6.25. The van der Waals surface area contributed by atoms with Crippen LogP contribution in [0.1, 0.15) is 15.9 Å². The molecule has 0 saturated heterocycles. The molecule has 0 bridgehead atoms. The van der Waals surface area contributed by atoms with E-state index in [1.165, 1.54) is 38.5 Å². The number of rotatable bonds is 6. The number of methoxy groups -OCH3 is 2. The number of hydrogen-bond donors (Lipinski definition) is 2. The van der Waals surface area contributed by atoms with Gasteiger partial charge in [0.05, 0.1) is 19.2 Å². The lowest BCUT2D eigenvalue weighted by molar-refractivity contribution is -0.142. The van der Waals surface area contributed by atoms with Gasteiger partial charge in [-0.15, -0.1) is 0 Å². The fraction of sp³-hybridized carbons (Fsp3) is 0.222. The number of phenols is 1. The molecule has 0 radical (unpaired) electrons. The number of ether oxygens (including phenoxy) is 2. The number of carbonyl (C=O) groups excluding carboxylic acids is 2. The highest BCUT2D eigenvalue weighted by atomic mass is 35.5. The van der Waals surface area contributed by atoms with Crippen molar-refractivity contribution >= 4 is 23.5 Å². The summed E-state index contributed by atoms with van der Waals surface area (Å²) >= 11 is 6.09. The standard InChI is InChI=1S/C18H18ClNO5/c1-24-16-8-3-11(9-14(16)19)10-15(18(23)25-2)20-17(22)12-4-6-13(21)7-5-12/h3-9,15,21H,10H2,1-2H3,(H,20,22)/t15-/m0/s1. The normalized spacial score (nSPS) is 11.5. The van der Waals surface area contributed by atoms with Crippen molar-refractivity contribution in [3.8, 4) is 11.5 Å². The number of hydrogen-bond acceptors (Lipinski definition) is 5. The van der Waals surface area contributed by atoms with Crippen LogP contribution in [0.5, 0.6) is 11.5 Å². The van der Waals surface area contributed by atoms with Crippen LogP contribution in [0.3, 0.4) is 0 Å². The highest BCUT2D eigenvalue weighted by Gasteiger charge is 2.23. The van der Waals surface area contributed by atoms with Gasteiger partial charge in [0.15, 0.2) is 0 Å². The molecule has 1 amide bonds. The number of esters is 1. The van der Waals surface area contributed by atoms with Crippen LogP contribution < -0.4 is 10.1 Å². The van der Waals surface area contributed by atoms with Crippen LogP contribution in [0.25, 0.3) is 0 Å². The number of phenolic OH excluding ortho intramolecular Hbond substituents is 1. The van der Waals surface area contributed by atoms with Crippen LogP contribution in [-0.2, 0) is 16.0 Å². The third-order valence-corrected chi connectivity index (χ3v) is 3.87. The smallest absolute Gasteiger partial charge is 0.328 e. The number of carbonyl (C=O) groups is 2. The van der Waals surface area contributed by atoms with Crippen molar-refractivity contribution < 1.29 is 24.2 Å². The van der Waals surface area contributed by atoms with Crippen LogP contribution in [0, 0.1) is 0 Å². The van der Waals surface area contributed by atoms with E-state index in [0.29, 0.717) is 16.3 Å². The third-order valence-electron chi connectivity index (χ3n) is 3.58. The molecule has 2 aromatic rings. The molecule has 25 heavy (non-hydrogen) atoms. The zero-order valence-electron chi connectivity index (χ0n) is 13.8. The van der Waals surface area contributed by atoms with Crippen LogP contribution in [0.2, 0.25) is 5.02 Å². The fourth-order valence-electron chi connectivity index (χ4n) is 2.26. The van der Waals surface area contributed by atoms with Crippen LogP contribution >= 0.6 is 11.6 Å². The Balaban J connectivity index is 2.16. The SMILES string of the molecule is COC(=O)[C@H](Cc1ccc(OC)c(Cl)c1)NC(=O)c1ccc(O)cc1. The van der Waals surface area contributed by atoms with Crippen LogP contribution in [0.15, 0.2) is 42.5 Å². The molecule has 0 aliphatic rings. The van der Waals surface area contributed by atoms with Crippen molar-refractivity contribution in [3.05, 3.63) is 58.6 Å². The minimum Gasteiger partial charge on any atom is -0.508 e. The molecule has 0 aliphatic heterocycles. The van der Waals surface area contributed by atoms with E-state index in [2.05, 4.69) is 5.32 Å². The van der Waals surface area contributed by atoms with Crippen molar-refractivity contribution in [3.63, 3.8) is 0 Å². The van der Waals surface area contributed by atoms with Gasteiger partial charge in [-0.25, -0.2) is 4.79 Å². The molecule has 6 nitrogen and oxygen atoms in total. The minimum absolute atomic E-state index is 0.0499. The second kappa shape index (κ2) is 8.39. The van der Waals surface area contributed by atoms with Crippen molar-refractivity contribution in [1.29, 1.82) is 0 Å². The molecule has 2 aromatic carbocycles. The summed E-state index contributed by atoms with van der Waals surface area (Å²) in [6.45, 7) is 0. The lowest BCUT2D eigenvalue weighted by atomic mass is 10.0. The van der Waals surface area contributed by atoms with Gasteiger partial charge in [-0.05, 0) is 42.0 Å². The summed E-state index contributed by atoms with van der Waals surface area (Å²) in [4.78, 5) is 24.3. The zero-order chi connectivity index (χ0) is 18.4. The molecule has 0 saturated carbocycles. The molecular weight excluding hydrogens is 346 g/mol. The average Bonchev–Trinajstić information content (AvgIpc) is 2.61. The Morgan fingerprint density at radius 2 is 1.84 bits per heavy atom. The number of aromatic hydroxyl groups is 1. The summed E-state index contributed by atoms with van der Waals surface area (Å²) in [7, 11) is 2.76. The van der Waals surface area contributed by atoms with E-state index in [4.69, 9.17) is 21.1 Å². The summed E-state index contributed by atoms with van der Waals surface area (Å²) in [6.07, 6.45) is 0.209. The van der Waals surface area contributed by atoms with E-state index in [0.717, 1.165) is 5.56 Å². The molecule has 0 spiro atoms. The summed E-state index contributed by atoms with van der Waals surface area (Å²) in [6, 6.07) is 9.95. The van der Waals surface area contributed by atoms with E-state index in [-0.39, 0.29) is 12.2 Å². The minimum atomic E-state index is -0.879. The van der Waals surface area contributed by atoms with E-state index in [9.17, 15) is 14.7 Å². The van der Waals surface area contributed by atoms with Gasteiger partial charge < -0.3 is 19.9 Å². The second-order valence-electron chi connectivity index (χ2n) is 5.27. The zero-order valence-corrected chi connectivity index (χ0v) is 14.5. The summed E-state index contributed by atoms with van der Waals surface area (Å²) < 4.78 is 9.86. The molecule has 7 heteroatoms. The first-order valence-corrected chi connectivity index (χ1v) is 7.82. The van der Waals surface area contributed by atoms with E-state index in [1.54, 1.807) is 18.2 Å². The molecule has 2 N–H and O–H groups in total. The monoisotopic (exact) mass is 363 g/mol. The van der Waals surface area contributed by atoms with Gasteiger partial charge in [0.1, 0.15) is 17.5 Å². The molecule has 1 atom stereocenters. The highest BCUT2D eigenvalue weighted by Crippen LogP contribution is 2.25. The Labute approximate surface area is 150 Å². The molecule has 2 rings (SSSR count). The Bertz CT molecular complexity index is 761. The van der Waals surface area contributed by atoms with Crippen LogP contribution in [0.4, 0.5) is 0 Å². The van der Waals surface area contributed by atoms with E-state index < -0.39 is 17.9 Å². The van der Waals surface area contributed by atoms with Crippen LogP contribution in [-0.4, -0.2) is 37.2 Å². The fourth-order valence-corrected chi connectivity index (χ4v) is 2.54. The number of nitrogens with one attached hydrogen (secondary N) is 1. The first-order valence-electron chi connectivity index (χ1n) is 7.44. The van der Waals surface area contributed by atoms with Gasteiger partial charge in [0, 0.05) is 12.0 Å². The summed E-state index contributed by atoms with van der Waals surface area (Å²) in [5.74, 6) is -0.448. The Hall–Kier alpha value is -2.73. The topological polar surface area (TPSA) is 84.9 Å². The molecule has 0 fully saturated rings. The molecule has 0 unspecified atom stereocenters. The average molecular weight is 364 g/mol. The van der Waals surface area contributed by atoms with Gasteiger partial charge in [-0.3, -0.25) is 4.79 Å². The van der Waals surface area contributed by atoms with Crippen molar-refractivity contribution in [1.82, 2.24) is 5.32 Å². The van der Waals surface area contributed by atoms with Gasteiger partial charge in [-0.1, -0.05) is 17.7 Å². The molecule has 0 aromatic heterocycles. The summed E-state index contributed by atoms with van der Waals surface area (Å²) in [5.41, 5.74) is 1.06. The molecule has 132 valence electrons. The van der Waals surface area contributed by atoms with Gasteiger partial charge in [0.2, 0.25) is 0 Å². The number of amides is 1. The largest absolute Gasteiger partial charge is 0.508 e. The molecule has 0 heterocycles. The van der Waals surface area contributed by atoms with Gasteiger partial charge >= 0.3 is 5.97 Å².